The number of imide groups is 1. The molecule has 3 heterocycles. The highest BCUT2D eigenvalue weighted by Crippen LogP contribution is 2.25. The number of urea groups is 1. The Hall–Kier alpha value is -2.48. The second-order valence-corrected chi connectivity index (χ2v) is 5.80. The molecule has 0 bridgehead atoms. The standard InChI is InChI=1S/C15H19N5O3/c16-12(21)9-19-11-4-2-6-18-13(11)14(22)20(15(19)23)8-10-3-1-5-17-7-10/h1,3,5,7,11,13,18H,2,4,6,8-9H2,(H2,16,21). The molecule has 0 aliphatic carbocycles. The molecule has 122 valence electrons. The fourth-order valence-electron chi connectivity index (χ4n) is 3.19. The zero-order chi connectivity index (χ0) is 16.4. The number of nitrogens with zero attached hydrogens (tertiary/aromatic N) is 3. The van der Waals surface area contributed by atoms with Crippen LogP contribution in [-0.4, -0.2) is 57.8 Å². The maximum absolute atomic E-state index is 12.7. The third-order valence-corrected chi connectivity index (χ3v) is 4.22. The molecule has 1 aromatic rings. The Bertz CT molecular complexity index is 621. The van der Waals surface area contributed by atoms with E-state index in [-0.39, 0.29) is 25.0 Å². The summed E-state index contributed by atoms with van der Waals surface area (Å²) < 4.78 is 0. The van der Waals surface area contributed by atoms with Crippen LogP contribution >= 0.6 is 0 Å². The molecular weight excluding hydrogens is 298 g/mol. The van der Waals surface area contributed by atoms with E-state index in [1.54, 1.807) is 24.5 Å². The Balaban J connectivity index is 1.87. The Morgan fingerprint density at radius 1 is 1.43 bits per heavy atom. The summed E-state index contributed by atoms with van der Waals surface area (Å²) in [7, 11) is 0. The van der Waals surface area contributed by atoms with Crippen LogP contribution in [0.2, 0.25) is 0 Å². The first-order chi connectivity index (χ1) is 11.1. The molecule has 2 unspecified atom stereocenters. The zero-order valence-electron chi connectivity index (χ0n) is 12.6. The van der Waals surface area contributed by atoms with Crippen molar-refractivity contribution >= 4 is 17.8 Å². The van der Waals surface area contributed by atoms with Crippen LogP contribution in [0.15, 0.2) is 24.5 Å². The fourth-order valence-corrected chi connectivity index (χ4v) is 3.19. The van der Waals surface area contributed by atoms with E-state index in [1.807, 2.05) is 0 Å². The molecule has 3 rings (SSSR count). The number of aromatic nitrogens is 1. The molecule has 23 heavy (non-hydrogen) atoms. The molecule has 2 fully saturated rings. The van der Waals surface area contributed by atoms with Crippen molar-refractivity contribution in [2.24, 2.45) is 5.73 Å². The molecule has 0 radical (unpaired) electrons. The van der Waals surface area contributed by atoms with E-state index in [4.69, 9.17) is 5.73 Å². The summed E-state index contributed by atoms with van der Waals surface area (Å²) in [5, 5.41) is 3.16. The van der Waals surface area contributed by atoms with Crippen molar-refractivity contribution in [2.45, 2.75) is 31.5 Å². The molecule has 4 amide bonds. The third-order valence-electron chi connectivity index (χ3n) is 4.22. The van der Waals surface area contributed by atoms with Crippen LogP contribution in [0, 0.1) is 0 Å². The molecule has 2 saturated heterocycles. The van der Waals surface area contributed by atoms with Gasteiger partial charge in [-0.15, -0.1) is 0 Å². The number of fused-ring (bicyclic) bond motifs is 1. The largest absolute Gasteiger partial charge is 0.368 e. The van der Waals surface area contributed by atoms with E-state index >= 15 is 0 Å². The number of nitrogens with two attached hydrogens (primary N) is 1. The topological polar surface area (TPSA) is 109 Å². The summed E-state index contributed by atoms with van der Waals surface area (Å²) >= 11 is 0. The van der Waals surface area contributed by atoms with E-state index in [9.17, 15) is 14.4 Å². The zero-order valence-corrected chi connectivity index (χ0v) is 12.6. The predicted molar refractivity (Wildman–Crippen MR) is 80.9 cm³/mol. The molecule has 8 nitrogen and oxygen atoms in total. The first-order valence-electron chi connectivity index (χ1n) is 7.60. The monoisotopic (exact) mass is 317 g/mol. The molecule has 0 spiro atoms. The number of rotatable bonds is 4. The first-order valence-corrected chi connectivity index (χ1v) is 7.60. The highest BCUT2D eigenvalue weighted by Gasteiger charge is 2.47. The average molecular weight is 317 g/mol. The van der Waals surface area contributed by atoms with Crippen molar-refractivity contribution in [3.63, 3.8) is 0 Å². The highest BCUT2D eigenvalue weighted by molar-refractivity contribution is 6.01. The van der Waals surface area contributed by atoms with E-state index in [0.717, 1.165) is 12.0 Å². The van der Waals surface area contributed by atoms with Crippen molar-refractivity contribution in [2.75, 3.05) is 13.1 Å². The summed E-state index contributed by atoms with van der Waals surface area (Å²) in [5.41, 5.74) is 6.03. The summed E-state index contributed by atoms with van der Waals surface area (Å²) in [4.78, 5) is 43.3. The van der Waals surface area contributed by atoms with E-state index in [2.05, 4.69) is 10.3 Å². The normalized spacial score (nSPS) is 24.5. The molecule has 2 aliphatic heterocycles. The third kappa shape index (κ3) is 3.02. The van der Waals surface area contributed by atoms with Gasteiger partial charge < -0.3 is 16.0 Å². The number of nitrogens with one attached hydrogen (secondary N) is 1. The number of hydrogen-bond donors (Lipinski definition) is 2. The molecule has 2 aliphatic rings. The lowest BCUT2D eigenvalue weighted by Gasteiger charge is -2.46. The molecule has 0 saturated carbocycles. The van der Waals surface area contributed by atoms with Gasteiger partial charge in [-0.3, -0.25) is 19.5 Å². The van der Waals surface area contributed by atoms with Gasteiger partial charge in [0.25, 0.3) is 0 Å². The van der Waals surface area contributed by atoms with Crippen LogP contribution in [0.3, 0.4) is 0 Å². The Morgan fingerprint density at radius 2 is 2.26 bits per heavy atom. The van der Waals surface area contributed by atoms with Crippen molar-refractivity contribution < 1.29 is 14.4 Å². The van der Waals surface area contributed by atoms with Crippen LogP contribution in [-0.2, 0) is 16.1 Å². The molecular formula is C15H19N5O3. The summed E-state index contributed by atoms with van der Waals surface area (Å²) in [6, 6.07) is 2.27. The number of primary amides is 1. The first kappa shape index (κ1) is 15.4. The Kier molecular flexibility index (Phi) is 4.24. The van der Waals surface area contributed by atoms with Gasteiger partial charge in [-0.1, -0.05) is 6.07 Å². The van der Waals surface area contributed by atoms with Crippen molar-refractivity contribution in [1.29, 1.82) is 0 Å². The molecule has 8 heteroatoms. The number of amides is 4. The van der Waals surface area contributed by atoms with E-state index < -0.39 is 18.0 Å². The summed E-state index contributed by atoms with van der Waals surface area (Å²) in [6.45, 7) is 0.663. The second kappa shape index (κ2) is 6.33. The highest BCUT2D eigenvalue weighted by atomic mass is 16.2. The van der Waals surface area contributed by atoms with Gasteiger partial charge in [0.05, 0.1) is 12.6 Å². The SMILES string of the molecule is NC(=O)CN1C(=O)N(Cc2cccnc2)C(=O)C2NCCCC21. The van der Waals surface area contributed by atoms with Crippen molar-refractivity contribution in [3.05, 3.63) is 30.1 Å². The van der Waals surface area contributed by atoms with Crippen molar-refractivity contribution in [1.82, 2.24) is 20.1 Å². The predicted octanol–water partition coefficient (Wildman–Crippen LogP) is -0.548. The van der Waals surface area contributed by atoms with Crippen LogP contribution in [0.25, 0.3) is 0 Å². The van der Waals surface area contributed by atoms with Gasteiger partial charge in [0.2, 0.25) is 11.8 Å². The van der Waals surface area contributed by atoms with Gasteiger partial charge in [0.1, 0.15) is 12.6 Å². The molecule has 1 aromatic heterocycles. The van der Waals surface area contributed by atoms with E-state index in [1.165, 1.54) is 9.80 Å². The second-order valence-electron chi connectivity index (χ2n) is 5.80. The van der Waals surface area contributed by atoms with Gasteiger partial charge in [-0.05, 0) is 31.0 Å². The average Bonchev–Trinajstić information content (AvgIpc) is 2.56. The van der Waals surface area contributed by atoms with E-state index in [0.29, 0.717) is 13.0 Å². The Labute approximate surface area is 133 Å². The minimum absolute atomic E-state index is 0.131. The van der Waals surface area contributed by atoms with Gasteiger partial charge in [-0.25, -0.2) is 4.79 Å². The number of hydrogen-bond acceptors (Lipinski definition) is 5. The minimum atomic E-state index is -0.585. The number of carbonyl (C=O) groups is 3. The lowest BCUT2D eigenvalue weighted by molar-refractivity contribution is -0.138. The lowest BCUT2D eigenvalue weighted by atomic mass is 9.93. The fraction of sp³-hybridized carbons (Fsp3) is 0.467. The van der Waals surface area contributed by atoms with Crippen LogP contribution in [0.5, 0.6) is 0 Å². The Morgan fingerprint density at radius 3 is 2.96 bits per heavy atom. The maximum atomic E-state index is 12.7. The molecule has 3 N–H and O–H groups in total. The summed E-state index contributed by atoms with van der Waals surface area (Å²) in [6.07, 6.45) is 4.77. The number of carbonyl (C=O) groups excluding carboxylic acids is 3. The summed E-state index contributed by atoms with van der Waals surface area (Å²) in [5.74, 6) is -0.845. The van der Waals surface area contributed by atoms with Gasteiger partial charge in [0.15, 0.2) is 0 Å². The van der Waals surface area contributed by atoms with Crippen LogP contribution in [0.4, 0.5) is 4.79 Å². The maximum Gasteiger partial charge on any atom is 0.327 e. The van der Waals surface area contributed by atoms with Gasteiger partial charge in [0, 0.05) is 12.4 Å². The number of piperidine rings is 1. The lowest BCUT2D eigenvalue weighted by Crippen LogP contribution is -2.70. The molecule has 2 atom stereocenters. The number of pyridine rings is 1. The minimum Gasteiger partial charge on any atom is -0.368 e. The van der Waals surface area contributed by atoms with Crippen molar-refractivity contribution in [3.8, 4) is 0 Å². The van der Waals surface area contributed by atoms with Gasteiger partial charge in [-0.2, -0.15) is 0 Å². The van der Waals surface area contributed by atoms with Crippen LogP contribution in [0.1, 0.15) is 18.4 Å². The molecule has 0 aromatic carbocycles. The smallest absolute Gasteiger partial charge is 0.327 e. The van der Waals surface area contributed by atoms with Gasteiger partial charge >= 0.3 is 6.03 Å². The quantitative estimate of drug-likeness (QED) is 0.774. The van der Waals surface area contributed by atoms with Crippen LogP contribution < -0.4 is 11.1 Å².